The quantitative estimate of drug-likeness (QED) is 0.571. The van der Waals surface area contributed by atoms with Gasteiger partial charge in [0.05, 0.1) is 0 Å². The van der Waals surface area contributed by atoms with Gasteiger partial charge >= 0.3 is 5.97 Å². The van der Waals surface area contributed by atoms with E-state index in [2.05, 4.69) is 11.4 Å². The smallest absolute Gasteiger partial charge is 0.308 e. The van der Waals surface area contributed by atoms with Crippen molar-refractivity contribution in [3.63, 3.8) is 0 Å². The highest BCUT2D eigenvalue weighted by molar-refractivity contribution is 7.08. The first-order valence-electron chi connectivity index (χ1n) is 4.57. The Kier molecular flexibility index (Phi) is 2.83. The van der Waals surface area contributed by atoms with Crippen molar-refractivity contribution in [3.8, 4) is 16.9 Å². The molecule has 3 heteroatoms. The lowest BCUT2D eigenvalue weighted by Gasteiger charge is -2.02. The van der Waals surface area contributed by atoms with Gasteiger partial charge in [0.15, 0.2) is 0 Å². The lowest BCUT2D eigenvalue weighted by atomic mass is 10.1. The van der Waals surface area contributed by atoms with Gasteiger partial charge in [-0.1, -0.05) is 12.1 Å². The molecule has 0 aliphatic heterocycles. The summed E-state index contributed by atoms with van der Waals surface area (Å²) in [6, 6.07) is 9.55. The summed E-state index contributed by atoms with van der Waals surface area (Å²) < 4.78 is 4.95. The van der Waals surface area contributed by atoms with Crippen LogP contribution in [0.3, 0.4) is 0 Å². The number of thiophene rings is 1. The highest BCUT2D eigenvalue weighted by Gasteiger charge is 2.00. The van der Waals surface area contributed by atoms with Gasteiger partial charge in [-0.2, -0.15) is 11.3 Å². The van der Waals surface area contributed by atoms with Gasteiger partial charge in [0.25, 0.3) is 0 Å². The predicted octanol–water partition coefficient (Wildman–Crippen LogP) is 3.34. The highest BCUT2D eigenvalue weighted by atomic mass is 32.1. The van der Waals surface area contributed by atoms with Crippen LogP contribution in [0.15, 0.2) is 41.1 Å². The van der Waals surface area contributed by atoms with Crippen molar-refractivity contribution in [1.82, 2.24) is 0 Å². The summed E-state index contributed by atoms with van der Waals surface area (Å²) in [5.41, 5.74) is 2.32. The SMILES string of the molecule is CC(=O)Oc1ccc(-c2ccsc2)cc1. The first kappa shape index (κ1) is 9.93. The third-order valence-corrected chi connectivity index (χ3v) is 2.65. The minimum Gasteiger partial charge on any atom is -0.427 e. The van der Waals surface area contributed by atoms with Crippen LogP contribution in [0.5, 0.6) is 5.75 Å². The Labute approximate surface area is 92.1 Å². The molecule has 0 aliphatic rings. The van der Waals surface area contributed by atoms with Gasteiger partial charge in [0, 0.05) is 6.92 Å². The number of benzene rings is 1. The molecule has 1 heterocycles. The molecule has 0 unspecified atom stereocenters. The number of ether oxygens (including phenoxy) is 1. The molecular weight excluding hydrogens is 208 g/mol. The molecule has 0 saturated heterocycles. The largest absolute Gasteiger partial charge is 0.427 e. The maximum Gasteiger partial charge on any atom is 0.308 e. The second-order valence-electron chi connectivity index (χ2n) is 3.13. The number of esters is 1. The lowest BCUT2D eigenvalue weighted by Crippen LogP contribution is -2.00. The summed E-state index contributed by atoms with van der Waals surface area (Å²) in [6.45, 7) is 1.40. The third kappa shape index (κ3) is 2.44. The number of carbonyl (C=O) groups excluding carboxylic acids is 1. The number of hydrogen-bond donors (Lipinski definition) is 0. The number of carbonyl (C=O) groups is 1. The standard InChI is InChI=1S/C12H10O2S/c1-9(13)14-12-4-2-10(3-5-12)11-6-7-15-8-11/h2-8H,1H3. The van der Waals surface area contributed by atoms with Gasteiger partial charge in [0.2, 0.25) is 0 Å². The topological polar surface area (TPSA) is 26.3 Å². The van der Waals surface area contributed by atoms with E-state index in [1.807, 2.05) is 17.5 Å². The van der Waals surface area contributed by atoms with Crippen LogP contribution in [0.1, 0.15) is 6.92 Å². The summed E-state index contributed by atoms with van der Waals surface area (Å²) in [5, 5.41) is 4.12. The van der Waals surface area contributed by atoms with E-state index in [9.17, 15) is 4.79 Å². The van der Waals surface area contributed by atoms with E-state index in [0.717, 1.165) is 5.56 Å². The van der Waals surface area contributed by atoms with Crippen molar-refractivity contribution in [2.75, 3.05) is 0 Å². The molecule has 0 amide bonds. The molecule has 76 valence electrons. The molecule has 2 rings (SSSR count). The zero-order valence-electron chi connectivity index (χ0n) is 8.27. The fraction of sp³-hybridized carbons (Fsp3) is 0.0833. The second kappa shape index (κ2) is 4.28. The Morgan fingerprint density at radius 2 is 1.87 bits per heavy atom. The molecule has 0 saturated carbocycles. The van der Waals surface area contributed by atoms with Crippen LogP contribution in [-0.4, -0.2) is 5.97 Å². The number of rotatable bonds is 2. The Morgan fingerprint density at radius 3 is 2.40 bits per heavy atom. The Hall–Kier alpha value is -1.61. The van der Waals surface area contributed by atoms with Crippen LogP contribution in [0.25, 0.3) is 11.1 Å². The van der Waals surface area contributed by atoms with Gasteiger partial charge in [-0.15, -0.1) is 0 Å². The van der Waals surface area contributed by atoms with Crippen molar-refractivity contribution < 1.29 is 9.53 Å². The summed E-state index contributed by atoms with van der Waals surface area (Å²) >= 11 is 1.66. The summed E-state index contributed by atoms with van der Waals surface area (Å²) in [7, 11) is 0. The molecule has 0 spiro atoms. The van der Waals surface area contributed by atoms with Crippen molar-refractivity contribution in [2.24, 2.45) is 0 Å². The van der Waals surface area contributed by atoms with E-state index in [0.29, 0.717) is 5.75 Å². The van der Waals surface area contributed by atoms with Gasteiger partial charge < -0.3 is 4.74 Å². The van der Waals surface area contributed by atoms with Crippen LogP contribution in [0.4, 0.5) is 0 Å². The monoisotopic (exact) mass is 218 g/mol. The summed E-state index contributed by atoms with van der Waals surface area (Å²) in [6.07, 6.45) is 0. The van der Waals surface area contributed by atoms with E-state index in [1.165, 1.54) is 12.5 Å². The molecule has 1 aromatic carbocycles. The molecule has 15 heavy (non-hydrogen) atoms. The minimum absolute atomic E-state index is 0.293. The molecule has 0 aliphatic carbocycles. The van der Waals surface area contributed by atoms with E-state index in [1.54, 1.807) is 23.5 Å². The molecule has 0 fully saturated rings. The van der Waals surface area contributed by atoms with Crippen molar-refractivity contribution in [3.05, 3.63) is 41.1 Å². The van der Waals surface area contributed by atoms with Gasteiger partial charge in [-0.25, -0.2) is 0 Å². The average molecular weight is 218 g/mol. The molecule has 0 atom stereocenters. The fourth-order valence-electron chi connectivity index (χ4n) is 1.31. The van der Waals surface area contributed by atoms with E-state index >= 15 is 0 Å². The normalized spacial score (nSPS) is 9.93. The minimum atomic E-state index is -0.293. The van der Waals surface area contributed by atoms with E-state index < -0.39 is 0 Å². The summed E-state index contributed by atoms with van der Waals surface area (Å²) in [4.78, 5) is 10.7. The first-order valence-corrected chi connectivity index (χ1v) is 5.51. The van der Waals surface area contributed by atoms with Crippen LogP contribution in [0.2, 0.25) is 0 Å². The van der Waals surface area contributed by atoms with E-state index in [4.69, 9.17) is 4.74 Å². The maximum absolute atomic E-state index is 10.7. The van der Waals surface area contributed by atoms with Crippen molar-refractivity contribution in [1.29, 1.82) is 0 Å². The zero-order valence-corrected chi connectivity index (χ0v) is 9.08. The lowest BCUT2D eigenvalue weighted by molar-refractivity contribution is -0.131. The van der Waals surface area contributed by atoms with Crippen LogP contribution >= 0.6 is 11.3 Å². The van der Waals surface area contributed by atoms with Crippen molar-refractivity contribution >= 4 is 17.3 Å². The highest BCUT2D eigenvalue weighted by Crippen LogP contribution is 2.24. The molecule has 0 bridgehead atoms. The predicted molar refractivity (Wildman–Crippen MR) is 61.1 cm³/mol. The fourth-order valence-corrected chi connectivity index (χ4v) is 1.98. The molecule has 1 aromatic heterocycles. The Morgan fingerprint density at radius 1 is 1.13 bits per heavy atom. The number of hydrogen-bond acceptors (Lipinski definition) is 3. The molecule has 2 nitrogen and oxygen atoms in total. The summed E-state index contributed by atoms with van der Waals surface area (Å²) in [5.74, 6) is 0.291. The maximum atomic E-state index is 10.7. The second-order valence-corrected chi connectivity index (χ2v) is 3.91. The Balaban J connectivity index is 2.21. The molecule has 0 N–H and O–H groups in total. The van der Waals surface area contributed by atoms with Crippen molar-refractivity contribution in [2.45, 2.75) is 6.92 Å². The van der Waals surface area contributed by atoms with Crippen LogP contribution in [-0.2, 0) is 4.79 Å². The Bertz CT molecular complexity index is 443. The molecule has 0 radical (unpaired) electrons. The van der Waals surface area contributed by atoms with Gasteiger partial charge in [0.1, 0.15) is 5.75 Å². The van der Waals surface area contributed by atoms with Gasteiger partial charge in [-0.3, -0.25) is 4.79 Å². The molecule has 2 aromatic rings. The van der Waals surface area contributed by atoms with Crippen LogP contribution in [0, 0.1) is 0 Å². The third-order valence-electron chi connectivity index (χ3n) is 1.97. The molecular formula is C12H10O2S. The average Bonchev–Trinajstić information content (AvgIpc) is 2.71. The van der Waals surface area contributed by atoms with Crippen LogP contribution < -0.4 is 4.74 Å². The van der Waals surface area contributed by atoms with E-state index in [-0.39, 0.29) is 5.97 Å². The zero-order chi connectivity index (χ0) is 10.7. The van der Waals surface area contributed by atoms with Gasteiger partial charge in [-0.05, 0) is 40.1 Å². The first-order chi connectivity index (χ1) is 7.25.